The van der Waals surface area contributed by atoms with Crippen molar-refractivity contribution in [3.63, 3.8) is 0 Å². The van der Waals surface area contributed by atoms with E-state index in [2.05, 4.69) is 0 Å². The Morgan fingerprint density at radius 3 is 2.60 bits per heavy atom. The summed E-state index contributed by atoms with van der Waals surface area (Å²) >= 11 is 5.57. The van der Waals surface area contributed by atoms with Crippen LogP contribution >= 0.6 is 11.6 Å². The summed E-state index contributed by atoms with van der Waals surface area (Å²) in [5.41, 5.74) is 3.50. The van der Waals surface area contributed by atoms with Gasteiger partial charge in [-0.25, -0.2) is 0 Å². The fourth-order valence-electron chi connectivity index (χ4n) is 1.55. The second-order valence-corrected chi connectivity index (χ2v) is 3.86. The molecule has 1 rings (SSSR count). The molecule has 0 spiro atoms. The highest BCUT2D eigenvalue weighted by atomic mass is 35.5. The van der Waals surface area contributed by atoms with Crippen LogP contribution in [-0.4, -0.2) is 24.2 Å². The zero-order valence-corrected chi connectivity index (χ0v) is 9.97. The van der Waals surface area contributed by atoms with Gasteiger partial charge in [-0.1, -0.05) is 6.07 Å². The van der Waals surface area contributed by atoms with Crippen molar-refractivity contribution in [3.05, 3.63) is 28.8 Å². The lowest BCUT2D eigenvalue weighted by Crippen LogP contribution is -2.03. The van der Waals surface area contributed by atoms with Crippen LogP contribution in [0.1, 0.15) is 16.7 Å². The molecule has 0 bridgehead atoms. The molecular weight excluding hydrogens is 212 g/mol. The number of alkyl halides is 1. The van der Waals surface area contributed by atoms with Gasteiger partial charge in [-0.05, 0) is 43.0 Å². The molecule has 1 aromatic carbocycles. The van der Waals surface area contributed by atoms with Gasteiger partial charge >= 0.3 is 0 Å². The first-order valence-corrected chi connectivity index (χ1v) is 5.63. The lowest BCUT2D eigenvalue weighted by Gasteiger charge is -2.13. The van der Waals surface area contributed by atoms with Gasteiger partial charge in [0.25, 0.3) is 0 Å². The number of ether oxygens (including phenoxy) is 1. The van der Waals surface area contributed by atoms with Crippen molar-refractivity contribution < 1.29 is 9.84 Å². The SMILES string of the molecule is Cc1c(CCO)ccc(OCCCl)c1C. The molecule has 84 valence electrons. The Kier molecular flexibility index (Phi) is 4.92. The van der Waals surface area contributed by atoms with Crippen LogP contribution in [-0.2, 0) is 6.42 Å². The molecule has 2 nitrogen and oxygen atoms in total. The summed E-state index contributed by atoms with van der Waals surface area (Å²) in [6.45, 7) is 4.79. The number of benzene rings is 1. The zero-order valence-electron chi connectivity index (χ0n) is 9.22. The molecule has 0 aliphatic rings. The average Bonchev–Trinajstić information content (AvgIpc) is 2.24. The molecule has 0 atom stereocenters. The number of aliphatic hydroxyl groups is 1. The van der Waals surface area contributed by atoms with Gasteiger partial charge in [-0.2, -0.15) is 0 Å². The molecule has 15 heavy (non-hydrogen) atoms. The first-order chi connectivity index (χ1) is 7.20. The van der Waals surface area contributed by atoms with E-state index in [1.54, 1.807) is 0 Å². The molecule has 0 saturated carbocycles. The van der Waals surface area contributed by atoms with E-state index in [9.17, 15) is 0 Å². The van der Waals surface area contributed by atoms with Crippen LogP contribution in [0.5, 0.6) is 5.75 Å². The summed E-state index contributed by atoms with van der Waals surface area (Å²) in [5, 5.41) is 8.90. The van der Waals surface area contributed by atoms with Crippen LogP contribution < -0.4 is 4.74 Å². The Labute approximate surface area is 95.8 Å². The van der Waals surface area contributed by atoms with Crippen molar-refractivity contribution in [1.82, 2.24) is 0 Å². The topological polar surface area (TPSA) is 29.5 Å². The van der Waals surface area contributed by atoms with Gasteiger partial charge in [0.15, 0.2) is 0 Å². The van der Waals surface area contributed by atoms with Crippen molar-refractivity contribution in [1.29, 1.82) is 0 Å². The summed E-state index contributed by atoms with van der Waals surface area (Å²) in [5.74, 6) is 1.38. The highest BCUT2D eigenvalue weighted by Gasteiger charge is 2.06. The van der Waals surface area contributed by atoms with Crippen molar-refractivity contribution in [2.75, 3.05) is 19.1 Å². The van der Waals surface area contributed by atoms with Crippen molar-refractivity contribution >= 4 is 11.6 Å². The molecule has 0 saturated heterocycles. The number of rotatable bonds is 5. The lowest BCUT2D eigenvalue weighted by atomic mass is 10.0. The molecule has 0 fully saturated rings. The van der Waals surface area contributed by atoms with Gasteiger partial charge in [-0.3, -0.25) is 0 Å². The Morgan fingerprint density at radius 1 is 1.27 bits per heavy atom. The maximum absolute atomic E-state index is 8.90. The van der Waals surface area contributed by atoms with Crippen LogP contribution in [0.25, 0.3) is 0 Å². The smallest absolute Gasteiger partial charge is 0.122 e. The second kappa shape index (κ2) is 5.99. The van der Waals surface area contributed by atoms with Gasteiger partial charge in [0.2, 0.25) is 0 Å². The number of hydrogen-bond acceptors (Lipinski definition) is 2. The van der Waals surface area contributed by atoms with Gasteiger partial charge < -0.3 is 9.84 Å². The summed E-state index contributed by atoms with van der Waals surface area (Å²) in [7, 11) is 0. The molecule has 0 aromatic heterocycles. The number of halogens is 1. The van der Waals surface area contributed by atoms with E-state index in [1.165, 1.54) is 11.1 Å². The Hall–Kier alpha value is -0.730. The van der Waals surface area contributed by atoms with Crippen LogP contribution in [0.15, 0.2) is 12.1 Å². The van der Waals surface area contributed by atoms with E-state index in [4.69, 9.17) is 21.4 Å². The van der Waals surface area contributed by atoms with Crippen LogP contribution in [0, 0.1) is 13.8 Å². The fraction of sp³-hybridized carbons (Fsp3) is 0.500. The molecule has 0 radical (unpaired) electrons. The predicted molar refractivity (Wildman–Crippen MR) is 62.9 cm³/mol. The van der Waals surface area contributed by atoms with Gasteiger partial charge in [-0.15, -0.1) is 11.6 Å². The summed E-state index contributed by atoms with van der Waals surface area (Å²) in [6.07, 6.45) is 0.697. The van der Waals surface area contributed by atoms with Crippen molar-refractivity contribution in [2.45, 2.75) is 20.3 Å². The largest absolute Gasteiger partial charge is 0.492 e. The van der Waals surface area contributed by atoms with E-state index < -0.39 is 0 Å². The van der Waals surface area contributed by atoms with Crippen molar-refractivity contribution in [3.8, 4) is 5.75 Å². The summed E-state index contributed by atoms with van der Waals surface area (Å²) < 4.78 is 5.51. The zero-order chi connectivity index (χ0) is 11.3. The molecule has 0 aliphatic heterocycles. The molecule has 1 aromatic rings. The van der Waals surface area contributed by atoms with E-state index in [-0.39, 0.29) is 6.61 Å². The standard InChI is InChI=1S/C12H17ClO2/c1-9-10(2)12(15-8-6-13)4-3-11(9)5-7-14/h3-4,14H,5-8H2,1-2H3. The van der Waals surface area contributed by atoms with E-state index >= 15 is 0 Å². The Bertz CT molecular complexity index is 324. The minimum Gasteiger partial charge on any atom is -0.492 e. The third-order valence-electron chi connectivity index (χ3n) is 2.57. The number of aliphatic hydroxyl groups excluding tert-OH is 1. The molecule has 0 amide bonds. The molecular formula is C12H17ClO2. The summed E-state index contributed by atoms with van der Waals surface area (Å²) in [4.78, 5) is 0. The second-order valence-electron chi connectivity index (χ2n) is 3.48. The monoisotopic (exact) mass is 228 g/mol. The molecule has 0 heterocycles. The minimum atomic E-state index is 0.183. The van der Waals surface area contributed by atoms with Gasteiger partial charge in [0.1, 0.15) is 12.4 Å². The minimum absolute atomic E-state index is 0.183. The van der Waals surface area contributed by atoms with E-state index in [0.717, 1.165) is 11.3 Å². The third kappa shape index (κ3) is 3.11. The third-order valence-corrected chi connectivity index (χ3v) is 2.72. The Balaban J connectivity index is 2.88. The lowest BCUT2D eigenvalue weighted by molar-refractivity contribution is 0.299. The molecule has 0 unspecified atom stereocenters. The highest BCUT2D eigenvalue weighted by molar-refractivity contribution is 6.18. The predicted octanol–water partition coefficient (Wildman–Crippen LogP) is 2.46. The molecule has 1 N–H and O–H groups in total. The normalized spacial score (nSPS) is 10.4. The highest BCUT2D eigenvalue weighted by Crippen LogP contribution is 2.24. The quantitative estimate of drug-likeness (QED) is 0.785. The molecule has 3 heteroatoms. The van der Waals surface area contributed by atoms with Crippen LogP contribution in [0.2, 0.25) is 0 Å². The van der Waals surface area contributed by atoms with E-state index in [0.29, 0.717) is 18.9 Å². The first kappa shape index (κ1) is 12.3. The first-order valence-electron chi connectivity index (χ1n) is 5.09. The van der Waals surface area contributed by atoms with Crippen molar-refractivity contribution in [2.24, 2.45) is 0 Å². The fourth-order valence-corrected chi connectivity index (χ4v) is 1.63. The van der Waals surface area contributed by atoms with E-state index in [1.807, 2.05) is 26.0 Å². The van der Waals surface area contributed by atoms with Crippen LogP contribution in [0.3, 0.4) is 0 Å². The maximum atomic E-state index is 8.90. The maximum Gasteiger partial charge on any atom is 0.122 e. The van der Waals surface area contributed by atoms with Gasteiger partial charge in [0, 0.05) is 6.61 Å². The Morgan fingerprint density at radius 2 is 2.00 bits per heavy atom. The van der Waals surface area contributed by atoms with Crippen LogP contribution in [0.4, 0.5) is 0 Å². The average molecular weight is 229 g/mol. The number of hydrogen-bond donors (Lipinski definition) is 1. The summed E-state index contributed by atoms with van der Waals surface area (Å²) in [6, 6.07) is 3.95. The van der Waals surface area contributed by atoms with Gasteiger partial charge in [0.05, 0.1) is 5.88 Å². The molecule has 0 aliphatic carbocycles.